The number of nitrogens with one attached hydrogen (secondary N) is 1. The lowest BCUT2D eigenvalue weighted by molar-refractivity contribution is 0.0947. The molecule has 23 heavy (non-hydrogen) atoms. The van der Waals surface area contributed by atoms with Crippen LogP contribution in [0.25, 0.3) is 0 Å². The summed E-state index contributed by atoms with van der Waals surface area (Å²) in [6.45, 7) is 5.52. The summed E-state index contributed by atoms with van der Waals surface area (Å²) in [7, 11) is 0. The summed E-state index contributed by atoms with van der Waals surface area (Å²) < 4.78 is 16.5. The van der Waals surface area contributed by atoms with E-state index < -0.39 is 0 Å². The SMILES string of the molecule is CCCCOc1ccc(C(=O)NCc2ccco2)cc1OCC. The summed E-state index contributed by atoms with van der Waals surface area (Å²) in [4.78, 5) is 12.2. The quantitative estimate of drug-likeness (QED) is 0.715. The first kappa shape index (κ1) is 16.9. The molecule has 0 spiro atoms. The number of rotatable bonds is 9. The van der Waals surface area contributed by atoms with Crippen LogP contribution in [0.3, 0.4) is 0 Å². The second-order valence-electron chi connectivity index (χ2n) is 5.06. The monoisotopic (exact) mass is 317 g/mol. The van der Waals surface area contributed by atoms with E-state index in [9.17, 15) is 4.79 Å². The van der Waals surface area contributed by atoms with Crippen LogP contribution in [0.2, 0.25) is 0 Å². The summed E-state index contributed by atoms with van der Waals surface area (Å²) in [6, 6.07) is 8.83. The topological polar surface area (TPSA) is 60.7 Å². The summed E-state index contributed by atoms with van der Waals surface area (Å²) in [5, 5.41) is 2.81. The van der Waals surface area contributed by atoms with Crippen molar-refractivity contribution in [2.24, 2.45) is 0 Å². The van der Waals surface area contributed by atoms with Crippen molar-refractivity contribution in [2.75, 3.05) is 13.2 Å². The molecule has 0 radical (unpaired) electrons. The van der Waals surface area contributed by atoms with E-state index in [0.717, 1.165) is 12.8 Å². The fraction of sp³-hybridized carbons (Fsp3) is 0.389. The van der Waals surface area contributed by atoms with E-state index in [4.69, 9.17) is 13.9 Å². The molecule has 0 saturated heterocycles. The van der Waals surface area contributed by atoms with Crippen LogP contribution in [0, 0.1) is 0 Å². The number of benzene rings is 1. The maximum atomic E-state index is 12.2. The van der Waals surface area contributed by atoms with Crippen LogP contribution in [0.4, 0.5) is 0 Å². The number of unbranched alkanes of at least 4 members (excludes halogenated alkanes) is 1. The average molecular weight is 317 g/mol. The lowest BCUT2D eigenvalue weighted by Gasteiger charge is -2.13. The van der Waals surface area contributed by atoms with Gasteiger partial charge in [-0.15, -0.1) is 0 Å². The number of carbonyl (C=O) groups is 1. The Hall–Kier alpha value is -2.43. The molecule has 2 aromatic rings. The van der Waals surface area contributed by atoms with Crippen molar-refractivity contribution in [1.29, 1.82) is 0 Å². The van der Waals surface area contributed by atoms with Crippen molar-refractivity contribution in [3.8, 4) is 11.5 Å². The van der Waals surface area contributed by atoms with E-state index in [1.807, 2.05) is 13.0 Å². The molecule has 0 aliphatic rings. The van der Waals surface area contributed by atoms with E-state index in [-0.39, 0.29) is 5.91 Å². The minimum absolute atomic E-state index is 0.178. The first-order valence-corrected chi connectivity index (χ1v) is 7.94. The highest BCUT2D eigenvalue weighted by Gasteiger charge is 2.12. The largest absolute Gasteiger partial charge is 0.490 e. The van der Waals surface area contributed by atoms with Gasteiger partial charge in [0.2, 0.25) is 0 Å². The Balaban J connectivity index is 2.03. The van der Waals surface area contributed by atoms with Gasteiger partial charge in [-0.1, -0.05) is 13.3 Å². The number of ether oxygens (including phenoxy) is 2. The van der Waals surface area contributed by atoms with Gasteiger partial charge in [-0.2, -0.15) is 0 Å². The molecule has 1 aromatic heterocycles. The molecule has 0 aliphatic carbocycles. The zero-order valence-corrected chi connectivity index (χ0v) is 13.6. The molecule has 1 amide bonds. The highest BCUT2D eigenvalue weighted by Crippen LogP contribution is 2.28. The summed E-state index contributed by atoms with van der Waals surface area (Å²) in [5.41, 5.74) is 0.530. The minimum Gasteiger partial charge on any atom is -0.490 e. The Morgan fingerprint density at radius 2 is 2.04 bits per heavy atom. The zero-order valence-electron chi connectivity index (χ0n) is 13.6. The van der Waals surface area contributed by atoms with E-state index in [1.54, 1.807) is 30.5 Å². The van der Waals surface area contributed by atoms with Crippen LogP contribution in [0.15, 0.2) is 41.0 Å². The molecule has 1 N–H and O–H groups in total. The van der Waals surface area contributed by atoms with Crippen molar-refractivity contribution in [1.82, 2.24) is 5.32 Å². The van der Waals surface area contributed by atoms with Crippen molar-refractivity contribution >= 4 is 5.91 Å². The summed E-state index contributed by atoms with van der Waals surface area (Å²) in [5.74, 6) is 1.79. The van der Waals surface area contributed by atoms with Gasteiger partial charge < -0.3 is 19.2 Å². The van der Waals surface area contributed by atoms with Crippen LogP contribution < -0.4 is 14.8 Å². The minimum atomic E-state index is -0.178. The Bertz CT molecular complexity index is 607. The lowest BCUT2D eigenvalue weighted by atomic mass is 10.2. The van der Waals surface area contributed by atoms with E-state index in [1.165, 1.54) is 0 Å². The molecule has 1 heterocycles. The zero-order chi connectivity index (χ0) is 16.5. The molecule has 0 unspecified atom stereocenters. The molecule has 0 atom stereocenters. The van der Waals surface area contributed by atoms with Gasteiger partial charge >= 0.3 is 0 Å². The van der Waals surface area contributed by atoms with Gasteiger partial charge in [-0.25, -0.2) is 0 Å². The molecule has 0 saturated carbocycles. The van der Waals surface area contributed by atoms with Crippen molar-refractivity contribution in [3.05, 3.63) is 47.9 Å². The van der Waals surface area contributed by atoms with Gasteiger partial charge in [0.15, 0.2) is 11.5 Å². The van der Waals surface area contributed by atoms with Crippen molar-refractivity contribution in [2.45, 2.75) is 33.2 Å². The van der Waals surface area contributed by atoms with E-state index in [2.05, 4.69) is 12.2 Å². The smallest absolute Gasteiger partial charge is 0.251 e. The Morgan fingerprint density at radius 3 is 2.74 bits per heavy atom. The number of carbonyl (C=O) groups excluding carboxylic acids is 1. The second kappa shape index (κ2) is 8.88. The van der Waals surface area contributed by atoms with Crippen LogP contribution in [0.5, 0.6) is 11.5 Å². The van der Waals surface area contributed by atoms with Crippen LogP contribution in [-0.2, 0) is 6.54 Å². The van der Waals surface area contributed by atoms with Crippen molar-refractivity contribution in [3.63, 3.8) is 0 Å². The van der Waals surface area contributed by atoms with Crippen LogP contribution >= 0.6 is 0 Å². The van der Waals surface area contributed by atoms with Gasteiger partial charge in [0.25, 0.3) is 5.91 Å². The molecule has 1 aromatic carbocycles. The Labute approximate surface area is 136 Å². The number of hydrogen-bond donors (Lipinski definition) is 1. The van der Waals surface area contributed by atoms with Crippen LogP contribution in [0.1, 0.15) is 42.8 Å². The van der Waals surface area contributed by atoms with Gasteiger partial charge in [-0.3, -0.25) is 4.79 Å². The molecule has 2 rings (SSSR count). The number of furan rings is 1. The lowest BCUT2D eigenvalue weighted by Crippen LogP contribution is -2.22. The molecule has 5 nitrogen and oxygen atoms in total. The molecular weight excluding hydrogens is 294 g/mol. The Kier molecular flexibility index (Phi) is 6.54. The molecule has 0 fully saturated rings. The third-order valence-corrected chi connectivity index (χ3v) is 3.26. The summed E-state index contributed by atoms with van der Waals surface area (Å²) >= 11 is 0. The first-order chi connectivity index (χ1) is 11.2. The third kappa shape index (κ3) is 5.06. The summed E-state index contributed by atoms with van der Waals surface area (Å²) in [6.07, 6.45) is 3.63. The predicted molar refractivity (Wildman–Crippen MR) is 87.9 cm³/mol. The molecule has 0 bridgehead atoms. The maximum Gasteiger partial charge on any atom is 0.251 e. The number of amides is 1. The molecule has 124 valence electrons. The number of hydrogen-bond acceptors (Lipinski definition) is 4. The average Bonchev–Trinajstić information content (AvgIpc) is 3.08. The van der Waals surface area contributed by atoms with Gasteiger partial charge in [0.1, 0.15) is 5.76 Å². The second-order valence-corrected chi connectivity index (χ2v) is 5.06. The van der Waals surface area contributed by atoms with E-state index >= 15 is 0 Å². The van der Waals surface area contributed by atoms with Gasteiger partial charge in [0, 0.05) is 5.56 Å². The van der Waals surface area contributed by atoms with Gasteiger partial charge in [-0.05, 0) is 43.7 Å². The van der Waals surface area contributed by atoms with Crippen LogP contribution in [-0.4, -0.2) is 19.1 Å². The standard InChI is InChI=1S/C18H23NO4/c1-3-5-10-23-16-9-8-14(12-17(16)21-4-2)18(20)19-13-15-7-6-11-22-15/h6-9,11-12H,3-5,10,13H2,1-2H3,(H,19,20). The molecule has 0 aliphatic heterocycles. The normalized spacial score (nSPS) is 10.3. The van der Waals surface area contributed by atoms with Crippen molar-refractivity contribution < 1.29 is 18.7 Å². The molecule has 5 heteroatoms. The predicted octanol–water partition coefficient (Wildman–Crippen LogP) is 3.79. The fourth-order valence-corrected chi connectivity index (χ4v) is 2.05. The molecular formula is C18H23NO4. The highest BCUT2D eigenvalue weighted by atomic mass is 16.5. The van der Waals surface area contributed by atoms with Gasteiger partial charge in [0.05, 0.1) is 26.0 Å². The maximum absolute atomic E-state index is 12.2. The highest BCUT2D eigenvalue weighted by molar-refractivity contribution is 5.94. The Morgan fingerprint density at radius 1 is 1.17 bits per heavy atom. The van der Waals surface area contributed by atoms with E-state index in [0.29, 0.717) is 42.6 Å². The third-order valence-electron chi connectivity index (χ3n) is 3.26. The first-order valence-electron chi connectivity index (χ1n) is 7.94. The fourth-order valence-electron chi connectivity index (χ4n) is 2.05.